The van der Waals surface area contributed by atoms with E-state index in [1.165, 1.54) is 108 Å². The molecule has 6 aromatic rings. The average Bonchev–Trinajstić information content (AvgIpc) is 3.19. The molecule has 2 aromatic heterocycles. The minimum atomic E-state index is -1.33. The van der Waals surface area contributed by atoms with E-state index in [9.17, 15) is 9.59 Å². The minimum Gasteiger partial charge on any atom is -0.476 e. The number of carbonyl (C=O) groups excluding carboxylic acids is 1. The van der Waals surface area contributed by atoms with Crippen LogP contribution in [0.2, 0.25) is 0 Å². The number of carbonyl (C=O) groups is 2. The molecular weight excluding hydrogens is 742 g/mol. The van der Waals surface area contributed by atoms with Gasteiger partial charge in [-0.2, -0.15) is 0 Å². The van der Waals surface area contributed by atoms with Crippen LogP contribution in [-0.4, -0.2) is 26.8 Å². The van der Waals surface area contributed by atoms with Gasteiger partial charge in [-0.3, -0.25) is 14.8 Å². The summed E-state index contributed by atoms with van der Waals surface area (Å²) in [6.07, 6.45) is 17.5. The normalized spacial score (nSPS) is 10.4. The molecule has 0 spiro atoms. The molecule has 2 heterocycles. The molecule has 0 aliphatic rings. The molecule has 0 atom stereocenters. The van der Waals surface area contributed by atoms with Gasteiger partial charge in [-0.25, -0.2) is 4.79 Å². The summed E-state index contributed by atoms with van der Waals surface area (Å²) in [5.41, 5.74) is 7.43. The van der Waals surface area contributed by atoms with Crippen LogP contribution in [0, 0.1) is 0 Å². The number of aliphatic carboxylic acids is 1. The summed E-state index contributed by atoms with van der Waals surface area (Å²) in [6.45, 7) is 6.28. The molecule has 6 heteroatoms. The van der Waals surface area contributed by atoms with Crippen LogP contribution in [0.15, 0.2) is 122 Å². The summed E-state index contributed by atoms with van der Waals surface area (Å²) in [7, 11) is 0. The monoisotopic (exact) mass is 796 g/mol. The summed E-state index contributed by atoms with van der Waals surface area (Å²) in [6, 6.07) is 38.9. The maximum absolute atomic E-state index is 10.1. The number of rotatable bonds is 15. The number of benzene rings is 4. The first-order valence-corrected chi connectivity index (χ1v) is 19.1. The van der Waals surface area contributed by atoms with Crippen molar-refractivity contribution in [3.63, 3.8) is 0 Å². The van der Waals surface area contributed by atoms with Crippen molar-refractivity contribution in [1.29, 1.82) is 0 Å². The molecule has 0 aliphatic heterocycles. The SMILES string of the molecule is CCCC(=O)C(=O)O.CCCCCCc1ccc(-c2nccc3ccccc23)cc1.CCCCCCc1ccc(-c2nccc3ccccc23)cc1.[Ru]. The summed E-state index contributed by atoms with van der Waals surface area (Å²) >= 11 is 0. The molecule has 0 bridgehead atoms. The molecule has 5 nitrogen and oxygen atoms in total. The van der Waals surface area contributed by atoms with E-state index >= 15 is 0 Å². The Morgan fingerprint density at radius 2 is 0.925 bits per heavy atom. The first kappa shape index (κ1) is 42.9. The van der Waals surface area contributed by atoms with E-state index in [1.54, 1.807) is 6.92 Å². The molecule has 1 N–H and O–H groups in total. The number of carboxylic acids is 1. The van der Waals surface area contributed by atoms with Gasteiger partial charge < -0.3 is 5.11 Å². The molecule has 0 fully saturated rings. The quantitative estimate of drug-likeness (QED) is 0.0636. The van der Waals surface area contributed by atoms with Crippen LogP contribution >= 0.6 is 0 Å². The van der Waals surface area contributed by atoms with E-state index in [0.29, 0.717) is 6.42 Å². The van der Waals surface area contributed by atoms with Crippen molar-refractivity contribution in [2.24, 2.45) is 0 Å². The van der Waals surface area contributed by atoms with Gasteiger partial charge in [0, 0.05) is 60.2 Å². The Balaban J connectivity index is 0.000000234. The maximum atomic E-state index is 10.1. The molecule has 4 aromatic carbocycles. The number of pyridine rings is 2. The van der Waals surface area contributed by atoms with Crippen LogP contribution in [0.3, 0.4) is 0 Å². The standard InChI is InChI=1S/2C21H23N.C5H8O3.Ru/c2*1-2-3-4-5-8-17-11-13-19(14-12-17)21-20-10-7-6-9-18(20)15-16-22-21;1-2-3-4(6)5(7)8;/h2*6-7,9-16H,2-5,8H2,1H3;2-3H2,1H3,(H,7,8);. The van der Waals surface area contributed by atoms with Crippen molar-refractivity contribution < 1.29 is 34.2 Å². The van der Waals surface area contributed by atoms with Crippen LogP contribution in [0.1, 0.15) is 96.1 Å². The van der Waals surface area contributed by atoms with Gasteiger partial charge in [-0.1, -0.05) is 156 Å². The smallest absolute Gasteiger partial charge is 0.372 e. The molecule has 0 aliphatic carbocycles. The fourth-order valence-corrected chi connectivity index (χ4v) is 6.20. The first-order valence-electron chi connectivity index (χ1n) is 19.1. The molecule has 0 saturated heterocycles. The Morgan fingerprint density at radius 3 is 1.28 bits per heavy atom. The molecule has 0 saturated carbocycles. The average molecular weight is 796 g/mol. The number of fused-ring (bicyclic) bond motifs is 2. The predicted molar refractivity (Wildman–Crippen MR) is 218 cm³/mol. The van der Waals surface area contributed by atoms with E-state index in [-0.39, 0.29) is 25.9 Å². The third-order valence-electron chi connectivity index (χ3n) is 9.16. The summed E-state index contributed by atoms with van der Waals surface area (Å²) < 4.78 is 0. The Morgan fingerprint density at radius 1 is 0.509 bits per heavy atom. The molecule has 53 heavy (non-hydrogen) atoms. The Bertz CT molecular complexity index is 1830. The Labute approximate surface area is 329 Å². The van der Waals surface area contributed by atoms with Gasteiger partial charge in [0.1, 0.15) is 0 Å². The van der Waals surface area contributed by atoms with Crippen molar-refractivity contribution in [1.82, 2.24) is 9.97 Å². The van der Waals surface area contributed by atoms with Crippen molar-refractivity contribution in [2.75, 3.05) is 0 Å². The summed E-state index contributed by atoms with van der Waals surface area (Å²) in [5.74, 6) is -2.03. The van der Waals surface area contributed by atoms with E-state index in [2.05, 4.69) is 133 Å². The molecule has 278 valence electrons. The first-order chi connectivity index (χ1) is 25.4. The van der Waals surface area contributed by atoms with E-state index in [1.807, 2.05) is 12.4 Å². The van der Waals surface area contributed by atoms with Crippen LogP contribution in [-0.2, 0) is 41.9 Å². The zero-order valence-corrected chi connectivity index (χ0v) is 33.3. The van der Waals surface area contributed by atoms with Gasteiger partial charge in [-0.05, 0) is 66.1 Å². The largest absolute Gasteiger partial charge is 0.476 e. The van der Waals surface area contributed by atoms with Gasteiger partial charge in [0.05, 0.1) is 11.4 Å². The predicted octanol–water partition coefficient (Wildman–Crippen LogP) is 12.5. The second-order valence-corrected chi connectivity index (χ2v) is 13.3. The zero-order valence-electron chi connectivity index (χ0n) is 31.5. The molecule has 0 unspecified atom stereocenters. The van der Waals surface area contributed by atoms with E-state index in [0.717, 1.165) is 11.4 Å². The van der Waals surface area contributed by atoms with Crippen molar-refractivity contribution in [3.05, 3.63) is 133 Å². The van der Waals surface area contributed by atoms with Gasteiger partial charge in [0.25, 0.3) is 0 Å². The number of nitrogens with zero attached hydrogens (tertiary/aromatic N) is 2. The van der Waals surface area contributed by atoms with Crippen molar-refractivity contribution in [3.8, 4) is 22.5 Å². The Hall–Kier alpha value is -4.54. The number of aryl methyl sites for hydroxylation is 2. The minimum absolute atomic E-state index is 0. The zero-order chi connectivity index (χ0) is 37.0. The van der Waals surface area contributed by atoms with Gasteiger partial charge >= 0.3 is 5.97 Å². The number of hydrogen-bond acceptors (Lipinski definition) is 4. The molecular formula is C47H54N2O3Ru. The van der Waals surface area contributed by atoms with Crippen molar-refractivity contribution >= 4 is 33.3 Å². The van der Waals surface area contributed by atoms with Crippen molar-refractivity contribution in [2.45, 2.75) is 97.8 Å². The number of ketones is 1. The molecule has 0 radical (unpaired) electrons. The Kier molecular flexibility index (Phi) is 19.3. The molecule has 6 rings (SSSR count). The van der Waals surface area contributed by atoms with Crippen LogP contribution in [0.25, 0.3) is 44.1 Å². The van der Waals surface area contributed by atoms with E-state index in [4.69, 9.17) is 5.11 Å². The topological polar surface area (TPSA) is 80.2 Å². The number of Topliss-reactive ketones (excluding diaryl/α,β-unsaturated/α-hetero) is 1. The van der Waals surface area contributed by atoms with Gasteiger partial charge in [-0.15, -0.1) is 0 Å². The number of carboxylic acid groups (broad SMARTS) is 1. The van der Waals surface area contributed by atoms with Gasteiger partial charge in [0.2, 0.25) is 5.78 Å². The second kappa shape index (κ2) is 23.9. The number of hydrogen-bond donors (Lipinski definition) is 1. The third-order valence-corrected chi connectivity index (χ3v) is 9.16. The summed E-state index contributed by atoms with van der Waals surface area (Å²) in [5, 5.41) is 12.9. The fourth-order valence-electron chi connectivity index (χ4n) is 6.20. The maximum Gasteiger partial charge on any atom is 0.372 e. The van der Waals surface area contributed by atoms with Crippen LogP contribution < -0.4 is 0 Å². The van der Waals surface area contributed by atoms with E-state index < -0.39 is 11.8 Å². The van der Waals surface area contributed by atoms with Crippen LogP contribution in [0.5, 0.6) is 0 Å². The molecule has 0 amide bonds. The fraction of sp³-hybridized carbons (Fsp3) is 0.319. The third kappa shape index (κ3) is 13.8. The second-order valence-electron chi connectivity index (χ2n) is 13.3. The van der Waals surface area contributed by atoms with Crippen LogP contribution in [0.4, 0.5) is 0 Å². The summed E-state index contributed by atoms with van der Waals surface area (Å²) in [4.78, 5) is 29.1. The number of unbranched alkanes of at least 4 members (excludes halogenated alkanes) is 6. The number of aromatic nitrogens is 2. The van der Waals surface area contributed by atoms with Gasteiger partial charge in [0.15, 0.2) is 0 Å².